The van der Waals surface area contributed by atoms with E-state index in [-0.39, 0.29) is 29.3 Å². The van der Waals surface area contributed by atoms with Crippen LogP contribution in [0.1, 0.15) is 34.8 Å². The summed E-state index contributed by atoms with van der Waals surface area (Å²) >= 11 is 6.12. The molecule has 0 fully saturated rings. The normalized spacial score (nSPS) is 15.5. The molecule has 3 aromatic rings. The molecule has 1 aliphatic rings. The largest absolute Gasteiger partial charge is 0.481 e. The minimum absolute atomic E-state index is 0.110. The number of amides is 1. The van der Waals surface area contributed by atoms with Crippen molar-refractivity contribution in [3.8, 4) is 17.6 Å². The lowest BCUT2D eigenvalue weighted by Crippen LogP contribution is -2.50. The molecule has 1 atom stereocenters. The summed E-state index contributed by atoms with van der Waals surface area (Å²) in [7, 11) is -3.38. The van der Waals surface area contributed by atoms with Crippen LogP contribution in [0.15, 0.2) is 71.6 Å². The summed E-state index contributed by atoms with van der Waals surface area (Å²) in [6.45, 7) is 0.961. The summed E-state index contributed by atoms with van der Waals surface area (Å²) in [5, 5.41) is -0.455. The lowest BCUT2D eigenvalue weighted by Gasteiger charge is -2.30. The Balaban J connectivity index is 1.79. The third-order valence-corrected chi connectivity index (χ3v) is 8.79. The molecule has 1 heterocycles. The van der Waals surface area contributed by atoms with Crippen LogP contribution >= 0.6 is 11.6 Å². The molecule has 3 aromatic carbocycles. The molecule has 0 aliphatic carbocycles. The van der Waals surface area contributed by atoms with Gasteiger partial charge in [-0.05, 0) is 48.0 Å². The van der Waals surface area contributed by atoms with E-state index in [1.165, 1.54) is 42.5 Å². The zero-order valence-electron chi connectivity index (χ0n) is 23.0. The van der Waals surface area contributed by atoms with Gasteiger partial charge in [0.1, 0.15) is 18.4 Å². The number of methoxy groups -OCH3 is 1. The number of carbonyl (C=O) groups excluding carboxylic acids is 2. The third-order valence-electron chi connectivity index (χ3n) is 6.61. The highest BCUT2D eigenvalue weighted by molar-refractivity contribution is 7.89. The summed E-state index contributed by atoms with van der Waals surface area (Å²) in [5.74, 6) is 3.86. The number of fused-ring (bicyclic) bond motifs is 1. The van der Waals surface area contributed by atoms with E-state index < -0.39 is 56.8 Å². The van der Waals surface area contributed by atoms with E-state index in [4.69, 9.17) is 21.1 Å². The first-order valence-corrected chi connectivity index (χ1v) is 14.8. The first-order valence-electron chi connectivity index (χ1n) is 12.9. The number of anilines is 1. The van der Waals surface area contributed by atoms with Gasteiger partial charge in [0.2, 0.25) is 10.0 Å². The van der Waals surface area contributed by atoms with Gasteiger partial charge in [0.25, 0.3) is 5.91 Å². The van der Waals surface area contributed by atoms with E-state index in [0.717, 1.165) is 34.5 Å². The molecule has 1 amide bonds. The van der Waals surface area contributed by atoms with Gasteiger partial charge in [0.15, 0.2) is 0 Å². The van der Waals surface area contributed by atoms with Crippen molar-refractivity contribution in [2.75, 3.05) is 25.2 Å². The zero-order valence-corrected chi connectivity index (χ0v) is 24.6. The number of carbonyl (C=O) groups is 2. The fraction of sp³-hybridized carbons (Fsp3) is 0.267. The maximum atomic E-state index is 14.0. The number of ether oxygens (including phenoxy) is 2. The molecule has 0 N–H and O–H groups in total. The number of alkyl halides is 3. The standard InChI is InChI=1S/C30H26ClF3N2O6S/c1-3-4-7-17-42-21-13-15-22(16-14-21)43(39,40)36-18-20-9-5-6-12-25(20)35(19-26(36)29(38)41-2)28(37)27-23(30(32,33)34)10-8-11-24(27)31/h5-6,8-16,26H,3,17-19H2,1-2H3. The second-order valence-corrected chi connectivity index (χ2v) is 11.6. The predicted molar refractivity (Wildman–Crippen MR) is 153 cm³/mol. The first kappa shape index (κ1) is 31.9. The molecule has 0 aromatic heterocycles. The average Bonchev–Trinajstić information content (AvgIpc) is 3.16. The minimum atomic E-state index is -4.92. The lowest BCUT2D eigenvalue weighted by molar-refractivity contribution is -0.145. The molecule has 13 heteroatoms. The highest BCUT2D eigenvalue weighted by Gasteiger charge is 2.44. The SMILES string of the molecule is CCC#CCOc1ccc(S(=O)(=O)N2Cc3ccccc3N(C(=O)c3c(Cl)cccc3C(F)(F)F)CC2C(=O)OC)cc1. The summed E-state index contributed by atoms with van der Waals surface area (Å²) in [6.07, 6.45) is -4.26. The van der Waals surface area contributed by atoms with E-state index in [1.54, 1.807) is 6.07 Å². The summed E-state index contributed by atoms with van der Waals surface area (Å²) in [4.78, 5) is 27.7. The van der Waals surface area contributed by atoms with E-state index in [1.807, 2.05) is 6.92 Å². The van der Waals surface area contributed by atoms with Gasteiger partial charge in [-0.1, -0.05) is 48.7 Å². The topological polar surface area (TPSA) is 93.2 Å². The van der Waals surface area contributed by atoms with Crippen molar-refractivity contribution in [3.05, 3.63) is 88.4 Å². The van der Waals surface area contributed by atoms with E-state index >= 15 is 0 Å². The fourth-order valence-electron chi connectivity index (χ4n) is 4.57. The van der Waals surface area contributed by atoms with Gasteiger partial charge in [-0.25, -0.2) is 8.42 Å². The third kappa shape index (κ3) is 6.80. The van der Waals surface area contributed by atoms with Crippen molar-refractivity contribution in [2.24, 2.45) is 0 Å². The molecule has 0 saturated heterocycles. The highest BCUT2D eigenvalue weighted by atomic mass is 35.5. The summed E-state index contributed by atoms with van der Waals surface area (Å²) < 4.78 is 81.0. The summed E-state index contributed by atoms with van der Waals surface area (Å²) in [5.41, 5.74) is -1.72. The second kappa shape index (κ2) is 13.1. The van der Waals surface area contributed by atoms with Crippen molar-refractivity contribution >= 4 is 39.2 Å². The van der Waals surface area contributed by atoms with Crippen molar-refractivity contribution in [2.45, 2.75) is 37.0 Å². The van der Waals surface area contributed by atoms with Gasteiger partial charge in [-0.15, -0.1) is 5.92 Å². The average molecular weight is 635 g/mol. The Hall–Kier alpha value is -4.05. The molecule has 8 nitrogen and oxygen atoms in total. The van der Waals surface area contributed by atoms with Crippen LogP contribution in [0.2, 0.25) is 5.02 Å². The second-order valence-electron chi connectivity index (χ2n) is 9.26. The van der Waals surface area contributed by atoms with Crippen LogP contribution in [-0.4, -0.2) is 50.9 Å². The Labute approximate surface area is 252 Å². The number of esters is 1. The van der Waals surface area contributed by atoms with Crippen LogP contribution in [0.3, 0.4) is 0 Å². The molecule has 1 unspecified atom stereocenters. The molecular weight excluding hydrogens is 609 g/mol. The van der Waals surface area contributed by atoms with Crippen molar-refractivity contribution in [1.29, 1.82) is 0 Å². The van der Waals surface area contributed by atoms with E-state index in [9.17, 15) is 31.2 Å². The number of hydrogen-bond acceptors (Lipinski definition) is 6. The number of sulfonamides is 1. The molecule has 226 valence electrons. The minimum Gasteiger partial charge on any atom is -0.481 e. The van der Waals surface area contributed by atoms with E-state index in [0.29, 0.717) is 12.2 Å². The Morgan fingerprint density at radius 1 is 1.02 bits per heavy atom. The van der Waals surface area contributed by atoms with Crippen LogP contribution in [-0.2, 0) is 32.3 Å². The number of benzene rings is 3. The van der Waals surface area contributed by atoms with Crippen LogP contribution in [0.25, 0.3) is 0 Å². The number of rotatable bonds is 6. The Bertz CT molecular complexity index is 1680. The molecule has 0 spiro atoms. The van der Waals surface area contributed by atoms with Crippen LogP contribution in [0, 0.1) is 11.8 Å². The Morgan fingerprint density at radius 3 is 2.37 bits per heavy atom. The lowest BCUT2D eigenvalue weighted by atomic mass is 10.0. The van der Waals surface area contributed by atoms with Crippen molar-refractivity contribution in [1.82, 2.24) is 4.31 Å². The number of hydrogen-bond donors (Lipinski definition) is 0. The Morgan fingerprint density at radius 2 is 1.72 bits per heavy atom. The molecule has 0 radical (unpaired) electrons. The maximum absolute atomic E-state index is 14.0. The zero-order chi connectivity index (χ0) is 31.4. The quantitative estimate of drug-likeness (QED) is 0.261. The van der Waals surface area contributed by atoms with E-state index in [2.05, 4.69) is 11.8 Å². The number of para-hydroxylation sites is 1. The maximum Gasteiger partial charge on any atom is 0.417 e. The van der Waals surface area contributed by atoms with Crippen molar-refractivity contribution < 1.29 is 40.7 Å². The van der Waals surface area contributed by atoms with Gasteiger partial charge in [-0.2, -0.15) is 17.5 Å². The van der Waals surface area contributed by atoms with Gasteiger partial charge < -0.3 is 14.4 Å². The predicted octanol–water partition coefficient (Wildman–Crippen LogP) is 5.54. The first-order chi connectivity index (χ1) is 20.4. The van der Waals surface area contributed by atoms with Crippen LogP contribution in [0.4, 0.5) is 18.9 Å². The monoisotopic (exact) mass is 634 g/mol. The number of halogens is 4. The van der Waals surface area contributed by atoms with Gasteiger partial charge >= 0.3 is 12.1 Å². The van der Waals surface area contributed by atoms with Crippen molar-refractivity contribution in [3.63, 3.8) is 0 Å². The molecular formula is C30H26ClF3N2O6S. The molecule has 43 heavy (non-hydrogen) atoms. The highest BCUT2D eigenvalue weighted by Crippen LogP contribution is 2.38. The molecule has 4 rings (SSSR count). The smallest absolute Gasteiger partial charge is 0.417 e. The molecule has 1 aliphatic heterocycles. The van der Waals surface area contributed by atoms with Crippen LogP contribution in [0.5, 0.6) is 5.75 Å². The Kier molecular flexibility index (Phi) is 9.69. The summed E-state index contributed by atoms with van der Waals surface area (Å²) in [6, 6.07) is 12.9. The van der Waals surface area contributed by atoms with Gasteiger partial charge in [0.05, 0.1) is 34.7 Å². The van der Waals surface area contributed by atoms with Gasteiger partial charge in [0, 0.05) is 18.7 Å². The molecule has 0 saturated carbocycles. The fourth-order valence-corrected chi connectivity index (χ4v) is 6.38. The number of nitrogens with zero attached hydrogens (tertiary/aromatic N) is 2. The molecule has 0 bridgehead atoms. The van der Waals surface area contributed by atoms with Crippen LogP contribution < -0.4 is 9.64 Å². The van der Waals surface area contributed by atoms with Gasteiger partial charge in [-0.3, -0.25) is 9.59 Å².